The molecule has 0 aromatic heterocycles. The zero-order chi connectivity index (χ0) is 11.7. The fourth-order valence-electron chi connectivity index (χ4n) is 1.70. The normalized spacial score (nSPS) is 18.5. The molecule has 1 heterocycles. The first kappa shape index (κ1) is 14.2. The summed E-state index contributed by atoms with van der Waals surface area (Å²) in [7, 11) is 2.18. The molecule has 0 spiro atoms. The van der Waals surface area contributed by atoms with E-state index in [-0.39, 0.29) is 0 Å². The maximum absolute atomic E-state index is 2.36. The van der Waals surface area contributed by atoms with E-state index < -0.39 is 0 Å². The van der Waals surface area contributed by atoms with Gasteiger partial charge < -0.3 is 4.90 Å². The Hall–Kier alpha value is -0.820. The average Bonchev–Trinajstić information content (AvgIpc) is 2.26. The average molecular weight is 207 g/mol. The molecule has 1 aliphatic rings. The minimum Gasteiger partial charge on any atom is -0.302 e. The Labute approximate surface area is 95.2 Å². The van der Waals surface area contributed by atoms with E-state index in [9.17, 15) is 0 Å². The minimum absolute atomic E-state index is 1.09. The second-order valence-electron chi connectivity index (χ2n) is 3.54. The van der Waals surface area contributed by atoms with E-state index in [0.717, 1.165) is 6.54 Å². The van der Waals surface area contributed by atoms with Gasteiger partial charge in [0.1, 0.15) is 0 Å². The first-order chi connectivity index (χ1) is 7.27. The molecule has 0 unspecified atom stereocenters. The Morgan fingerprint density at radius 3 is 2.07 bits per heavy atom. The number of likely N-dealkylation sites (N-methyl/N-ethyl adjacent to an activating group) is 1. The zero-order valence-electron chi connectivity index (χ0n) is 10.9. The van der Waals surface area contributed by atoms with Crippen LogP contribution in [0.2, 0.25) is 0 Å². The van der Waals surface area contributed by atoms with Gasteiger partial charge in [0.15, 0.2) is 0 Å². The maximum atomic E-state index is 2.36. The molecule has 0 aromatic rings. The van der Waals surface area contributed by atoms with Gasteiger partial charge >= 0.3 is 0 Å². The van der Waals surface area contributed by atoms with Gasteiger partial charge in [0, 0.05) is 13.1 Å². The van der Waals surface area contributed by atoms with Crippen molar-refractivity contribution in [3.63, 3.8) is 0 Å². The molecule has 1 nitrogen and oxygen atoms in total. The van der Waals surface area contributed by atoms with E-state index in [2.05, 4.69) is 50.1 Å². The van der Waals surface area contributed by atoms with Gasteiger partial charge in [0.2, 0.25) is 0 Å². The van der Waals surface area contributed by atoms with Crippen LogP contribution in [-0.4, -0.2) is 25.0 Å². The third kappa shape index (κ3) is 4.98. The van der Waals surface area contributed by atoms with Gasteiger partial charge in [-0.25, -0.2) is 0 Å². The van der Waals surface area contributed by atoms with Crippen LogP contribution in [-0.2, 0) is 0 Å². The number of hydrogen-bond acceptors (Lipinski definition) is 1. The van der Waals surface area contributed by atoms with Gasteiger partial charge in [0.25, 0.3) is 0 Å². The van der Waals surface area contributed by atoms with Crippen LogP contribution in [0.25, 0.3) is 0 Å². The van der Waals surface area contributed by atoms with Crippen LogP contribution in [0.3, 0.4) is 0 Å². The first-order valence-electron chi connectivity index (χ1n) is 5.94. The van der Waals surface area contributed by atoms with Gasteiger partial charge in [-0.3, -0.25) is 0 Å². The van der Waals surface area contributed by atoms with Crippen molar-refractivity contribution < 1.29 is 0 Å². The second-order valence-corrected chi connectivity index (χ2v) is 3.54. The molecular weight excluding hydrogens is 182 g/mol. The topological polar surface area (TPSA) is 3.24 Å². The molecule has 86 valence electrons. The molecule has 0 radical (unpaired) electrons. The highest BCUT2D eigenvalue weighted by molar-refractivity contribution is 5.35. The second kappa shape index (κ2) is 8.49. The van der Waals surface area contributed by atoms with Crippen molar-refractivity contribution in [3.8, 4) is 0 Å². The third-order valence-corrected chi connectivity index (χ3v) is 2.35. The summed E-state index contributed by atoms with van der Waals surface area (Å²) < 4.78 is 0. The summed E-state index contributed by atoms with van der Waals surface area (Å²) in [5.41, 5.74) is 2.97. The van der Waals surface area contributed by atoms with E-state index in [1.165, 1.54) is 24.1 Å². The van der Waals surface area contributed by atoms with Crippen molar-refractivity contribution in [2.24, 2.45) is 0 Å². The van der Waals surface area contributed by atoms with Gasteiger partial charge in [-0.15, -0.1) is 0 Å². The van der Waals surface area contributed by atoms with Crippen LogP contribution >= 0.6 is 0 Å². The smallest absolute Gasteiger partial charge is 0.0233 e. The van der Waals surface area contributed by atoms with Gasteiger partial charge in [0.05, 0.1) is 0 Å². The summed E-state index contributed by atoms with van der Waals surface area (Å²) in [5, 5.41) is 0. The predicted molar refractivity (Wildman–Crippen MR) is 70.1 cm³/mol. The van der Waals surface area contributed by atoms with Crippen LogP contribution in [0, 0.1) is 0 Å². The van der Waals surface area contributed by atoms with E-state index in [0.29, 0.717) is 0 Å². The highest BCUT2D eigenvalue weighted by atomic mass is 15.1. The Balaban J connectivity index is 0.000000921. The van der Waals surface area contributed by atoms with Gasteiger partial charge in [-0.1, -0.05) is 38.2 Å². The fourth-order valence-corrected chi connectivity index (χ4v) is 1.70. The minimum atomic E-state index is 1.09. The lowest BCUT2D eigenvalue weighted by Gasteiger charge is -2.25. The van der Waals surface area contributed by atoms with E-state index in [1.54, 1.807) is 0 Å². The molecule has 0 bridgehead atoms. The van der Waals surface area contributed by atoms with Crippen molar-refractivity contribution in [1.82, 2.24) is 4.90 Å². The lowest BCUT2D eigenvalue weighted by molar-refractivity contribution is 0.354. The Bertz CT molecular complexity index is 246. The SMILES string of the molecule is C/C=C\C1=C(/C=C\C)CN(C)CC1.CC. The molecule has 1 aliphatic heterocycles. The van der Waals surface area contributed by atoms with Gasteiger partial charge in [-0.05, 0) is 38.5 Å². The van der Waals surface area contributed by atoms with Crippen molar-refractivity contribution in [2.45, 2.75) is 34.1 Å². The highest BCUT2D eigenvalue weighted by Gasteiger charge is 2.11. The number of rotatable bonds is 2. The molecular formula is C14H25N. The molecule has 15 heavy (non-hydrogen) atoms. The van der Waals surface area contributed by atoms with Crippen LogP contribution < -0.4 is 0 Å². The molecule has 0 saturated heterocycles. The molecule has 0 aliphatic carbocycles. The molecule has 1 rings (SSSR count). The Morgan fingerprint density at radius 1 is 1.00 bits per heavy atom. The van der Waals surface area contributed by atoms with Crippen LogP contribution in [0.4, 0.5) is 0 Å². The summed E-state index contributed by atoms with van der Waals surface area (Å²) in [6, 6.07) is 0. The summed E-state index contributed by atoms with van der Waals surface area (Å²) >= 11 is 0. The molecule has 1 heteroatoms. The zero-order valence-corrected chi connectivity index (χ0v) is 10.9. The molecule has 0 amide bonds. The predicted octanol–water partition coefficient (Wildman–Crippen LogP) is 3.80. The van der Waals surface area contributed by atoms with Gasteiger partial charge in [-0.2, -0.15) is 0 Å². The summed E-state index contributed by atoms with van der Waals surface area (Å²) in [6.07, 6.45) is 9.90. The van der Waals surface area contributed by atoms with E-state index in [1.807, 2.05) is 13.8 Å². The molecule has 0 fully saturated rings. The van der Waals surface area contributed by atoms with Crippen LogP contribution in [0.5, 0.6) is 0 Å². The fraction of sp³-hybridized carbons (Fsp3) is 0.571. The molecule has 0 aromatic carbocycles. The quantitative estimate of drug-likeness (QED) is 0.666. The van der Waals surface area contributed by atoms with E-state index in [4.69, 9.17) is 0 Å². The third-order valence-electron chi connectivity index (χ3n) is 2.35. The lowest BCUT2D eigenvalue weighted by Crippen LogP contribution is -2.27. The summed E-state index contributed by atoms with van der Waals surface area (Å²) in [4.78, 5) is 2.36. The van der Waals surface area contributed by atoms with Crippen LogP contribution in [0.1, 0.15) is 34.1 Å². The van der Waals surface area contributed by atoms with Crippen molar-refractivity contribution >= 4 is 0 Å². The van der Waals surface area contributed by atoms with Crippen molar-refractivity contribution in [1.29, 1.82) is 0 Å². The van der Waals surface area contributed by atoms with Crippen molar-refractivity contribution in [3.05, 3.63) is 35.5 Å². The van der Waals surface area contributed by atoms with Crippen molar-refractivity contribution in [2.75, 3.05) is 20.1 Å². The summed E-state index contributed by atoms with van der Waals surface area (Å²) in [6.45, 7) is 10.4. The molecule has 0 saturated carbocycles. The lowest BCUT2D eigenvalue weighted by atomic mass is 9.99. The standard InChI is InChI=1S/C12H19N.C2H6/c1-4-6-11-8-9-13(3)10-12(11)7-5-2;1-2/h4-7H,8-10H2,1-3H3;1-2H3/b6-4-,7-5-;. The first-order valence-corrected chi connectivity index (χ1v) is 5.94. The number of hydrogen-bond donors (Lipinski definition) is 0. The molecule has 0 atom stereocenters. The maximum Gasteiger partial charge on any atom is 0.0233 e. The Morgan fingerprint density at radius 2 is 1.53 bits per heavy atom. The highest BCUT2D eigenvalue weighted by Crippen LogP contribution is 2.18. The molecule has 0 N–H and O–H groups in total. The Kier molecular flexibility index (Phi) is 8.02. The summed E-state index contributed by atoms with van der Waals surface area (Å²) in [5.74, 6) is 0. The number of nitrogens with zero attached hydrogens (tertiary/aromatic N) is 1. The van der Waals surface area contributed by atoms with Crippen LogP contribution in [0.15, 0.2) is 35.5 Å². The monoisotopic (exact) mass is 207 g/mol. The largest absolute Gasteiger partial charge is 0.302 e. The number of allylic oxidation sites excluding steroid dienone is 3. The van der Waals surface area contributed by atoms with E-state index >= 15 is 0 Å².